The van der Waals surface area contributed by atoms with Crippen LogP contribution in [0.2, 0.25) is 0 Å². The number of likely N-dealkylation sites (tertiary alicyclic amines) is 2. The number of piperidine rings is 2. The molecule has 1 atom stereocenters. The first-order chi connectivity index (χ1) is 12.1. The molecular weight excluding hydrogens is 314 g/mol. The van der Waals surface area contributed by atoms with Gasteiger partial charge in [-0.3, -0.25) is 0 Å². The van der Waals surface area contributed by atoms with Gasteiger partial charge in [0.1, 0.15) is 11.9 Å². The lowest BCUT2D eigenvalue weighted by molar-refractivity contribution is 0.114. The first kappa shape index (κ1) is 18.1. The van der Waals surface area contributed by atoms with Crippen LogP contribution < -0.4 is 10.1 Å². The van der Waals surface area contributed by atoms with Crippen molar-refractivity contribution < 1.29 is 9.53 Å². The highest BCUT2D eigenvalue weighted by molar-refractivity contribution is 5.74. The van der Waals surface area contributed by atoms with Crippen molar-refractivity contribution >= 4 is 6.03 Å². The molecule has 1 N–H and O–H groups in total. The van der Waals surface area contributed by atoms with Crippen molar-refractivity contribution in [3.63, 3.8) is 0 Å². The summed E-state index contributed by atoms with van der Waals surface area (Å²) in [4.78, 5) is 16.6. The largest absolute Gasteiger partial charge is 0.490 e. The van der Waals surface area contributed by atoms with Crippen LogP contribution in [-0.2, 0) is 6.54 Å². The Morgan fingerprint density at radius 2 is 1.84 bits per heavy atom. The number of ether oxygens (including phenoxy) is 1. The zero-order valence-electron chi connectivity index (χ0n) is 15.5. The molecule has 0 saturated carbocycles. The molecule has 0 aromatic heterocycles. The molecule has 3 rings (SSSR count). The van der Waals surface area contributed by atoms with Gasteiger partial charge >= 0.3 is 6.03 Å². The van der Waals surface area contributed by atoms with Gasteiger partial charge < -0.3 is 19.9 Å². The third kappa shape index (κ3) is 5.11. The van der Waals surface area contributed by atoms with E-state index in [1.165, 1.54) is 6.42 Å². The van der Waals surface area contributed by atoms with Gasteiger partial charge in [-0.15, -0.1) is 0 Å². The summed E-state index contributed by atoms with van der Waals surface area (Å²) in [5, 5.41) is 3.05. The van der Waals surface area contributed by atoms with Crippen LogP contribution in [0.3, 0.4) is 0 Å². The average molecular weight is 345 g/mol. The molecule has 0 unspecified atom stereocenters. The van der Waals surface area contributed by atoms with E-state index in [0.29, 0.717) is 18.7 Å². The Bertz CT molecular complexity index is 553. The zero-order chi connectivity index (χ0) is 17.6. The number of urea groups is 1. The SMILES string of the molecule is C[C@@H]1CCCCN1C(=O)NCc1ccc(OC2CCN(C)CC2)cc1. The topological polar surface area (TPSA) is 44.8 Å². The van der Waals surface area contributed by atoms with Gasteiger partial charge in [-0.25, -0.2) is 4.79 Å². The fourth-order valence-corrected chi connectivity index (χ4v) is 3.66. The summed E-state index contributed by atoms with van der Waals surface area (Å²) in [7, 11) is 2.16. The fourth-order valence-electron chi connectivity index (χ4n) is 3.66. The van der Waals surface area contributed by atoms with Crippen LogP contribution in [0.5, 0.6) is 5.75 Å². The van der Waals surface area contributed by atoms with Gasteiger partial charge in [0.25, 0.3) is 0 Å². The number of carbonyl (C=O) groups is 1. The lowest BCUT2D eigenvalue weighted by Gasteiger charge is -2.33. The van der Waals surface area contributed by atoms with E-state index < -0.39 is 0 Å². The Hall–Kier alpha value is -1.75. The summed E-state index contributed by atoms with van der Waals surface area (Å²) in [5.74, 6) is 0.925. The van der Waals surface area contributed by atoms with Crippen molar-refractivity contribution in [2.45, 2.75) is 57.7 Å². The fraction of sp³-hybridized carbons (Fsp3) is 0.650. The number of benzene rings is 1. The highest BCUT2D eigenvalue weighted by Gasteiger charge is 2.22. The number of rotatable bonds is 4. The van der Waals surface area contributed by atoms with Gasteiger partial charge in [0.15, 0.2) is 0 Å². The summed E-state index contributed by atoms with van der Waals surface area (Å²) in [6, 6.07) is 8.53. The minimum Gasteiger partial charge on any atom is -0.490 e. The van der Waals surface area contributed by atoms with E-state index in [-0.39, 0.29) is 6.03 Å². The van der Waals surface area contributed by atoms with E-state index in [2.05, 4.69) is 24.2 Å². The summed E-state index contributed by atoms with van der Waals surface area (Å²) >= 11 is 0. The average Bonchev–Trinajstić information content (AvgIpc) is 2.63. The molecule has 0 radical (unpaired) electrons. The molecule has 1 aromatic carbocycles. The molecular formula is C20H31N3O2. The Labute approximate surface area is 151 Å². The van der Waals surface area contributed by atoms with Gasteiger partial charge in [-0.2, -0.15) is 0 Å². The molecule has 2 heterocycles. The summed E-state index contributed by atoms with van der Waals surface area (Å²) in [5.41, 5.74) is 1.11. The first-order valence-electron chi connectivity index (χ1n) is 9.60. The number of nitrogens with one attached hydrogen (secondary N) is 1. The summed E-state index contributed by atoms with van der Waals surface area (Å²) in [6.07, 6.45) is 5.94. The Balaban J connectivity index is 1.45. The van der Waals surface area contributed by atoms with Gasteiger partial charge in [-0.05, 0) is 63.8 Å². The number of carbonyl (C=O) groups excluding carboxylic acids is 1. The summed E-state index contributed by atoms with van der Waals surface area (Å²) in [6.45, 7) is 5.77. The Morgan fingerprint density at radius 3 is 2.52 bits per heavy atom. The van der Waals surface area contributed by atoms with Crippen molar-refractivity contribution in [2.75, 3.05) is 26.7 Å². The lowest BCUT2D eigenvalue weighted by atomic mass is 10.0. The predicted octanol–water partition coefficient (Wildman–Crippen LogP) is 3.24. The van der Waals surface area contributed by atoms with E-state index in [4.69, 9.17) is 4.74 Å². The molecule has 138 valence electrons. The minimum atomic E-state index is 0.0545. The van der Waals surface area contributed by atoms with Crippen molar-refractivity contribution in [3.05, 3.63) is 29.8 Å². The standard InChI is InChI=1S/C20H31N3O2/c1-16-5-3-4-12-23(16)20(24)21-15-17-6-8-18(9-7-17)25-19-10-13-22(2)14-11-19/h6-9,16,19H,3-5,10-15H2,1-2H3,(H,21,24)/t16-/m1/s1. The van der Waals surface area contributed by atoms with Gasteiger partial charge in [0.2, 0.25) is 0 Å². The van der Waals surface area contributed by atoms with Crippen molar-refractivity contribution in [1.82, 2.24) is 15.1 Å². The maximum absolute atomic E-state index is 12.3. The van der Waals surface area contributed by atoms with Crippen molar-refractivity contribution in [3.8, 4) is 5.75 Å². The molecule has 2 saturated heterocycles. The molecule has 2 amide bonds. The lowest BCUT2D eigenvalue weighted by Crippen LogP contribution is -2.47. The van der Waals surface area contributed by atoms with E-state index in [1.807, 2.05) is 29.2 Å². The summed E-state index contributed by atoms with van der Waals surface area (Å²) < 4.78 is 6.07. The second-order valence-corrected chi connectivity index (χ2v) is 7.46. The Kier molecular flexibility index (Phi) is 6.19. The van der Waals surface area contributed by atoms with E-state index in [9.17, 15) is 4.79 Å². The molecule has 0 aliphatic carbocycles. The monoisotopic (exact) mass is 345 g/mol. The molecule has 0 bridgehead atoms. The maximum Gasteiger partial charge on any atom is 0.317 e. The smallest absolute Gasteiger partial charge is 0.317 e. The van der Waals surface area contributed by atoms with Crippen LogP contribution in [-0.4, -0.2) is 54.7 Å². The van der Waals surface area contributed by atoms with E-state index in [1.54, 1.807) is 0 Å². The third-order valence-corrected chi connectivity index (χ3v) is 5.40. The number of amides is 2. The van der Waals surface area contributed by atoms with Crippen molar-refractivity contribution in [2.24, 2.45) is 0 Å². The number of nitrogens with zero attached hydrogens (tertiary/aromatic N) is 2. The Morgan fingerprint density at radius 1 is 1.12 bits per heavy atom. The second kappa shape index (κ2) is 8.56. The van der Waals surface area contributed by atoms with Crippen LogP contribution in [0.4, 0.5) is 4.79 Å². The molecule has 0 spiro atoms. The van der Waals surface area contributed by atoms with Gasteiger partial charge in [0, 0.05) is 32.2 Å². The maximum atomic E-state index is 12.3. The molecule has 5 heteroatoms. The highest BCUT2D eigenvalue weighted by Crippen LogP contribution is 2.19. The second-order valence-electron chi connectivity index (χ2n) is 7.46. The van der Waals surface area contributed by atoms with Crippen molar-refractivity contribution in [1.29, 1.82) is 0 Å². The van der Waals surface area contributed by atoms with Gasteiger partial charge in [-0.1, -0.05) is 12.1 Å². The van der Waals surface area contributed by atoms with Gasteiger partial charge in [0.05, 0.1) is 0 Å². The van der Waals surface area contributed by atoms with Crippen LogP contribution in [0, 0.1) is 0 Å². The molecule has 5 nitrogen and oxygen atoms in total. The number of hydrogen-bond acceptors (Lipinski definition) is 3. The van der Waals surface area contributed by atoms with Crippen LogP contribution in [0.25, 0.3) is 0 Å². The normalized spacial score (nSPS) is 22.6. The zero-order valence-corrected chi connectivity index (χ0v) is 15.5. The molecule has 1 aromatic rings. The third-order valence-electron chi connectivity index (χ3n) is 5.40. The van der Waals surface area contributed by atoms with Crippen LogP contribution >= 0.6 is 0 Å². The quantitative estimate of drug-likeness (QED) is 0.911. The molecule has 2 fully saturated rings. The highest BCUT2D eigenvalue weighted by atomic mass is 16.5. The van der Waals surface area contributed by atoms with E-state index in [0.717, 1.165) is 56.6 Å². The molecule has 25 heavy (non-hydrogen) atoms. The van der Waals surface area contributed by atoms with Crippen LogP contribution in [0.1, 0.15) is 44.6 Å². The first-order valence-corrected chi connectivity index (χ1v) is 9.60. The minimum absolute atomic E-state index is 0.0545. The molecule has 2 aliphatic rings. The number of hydrogen-bond donors (Lipinski definition) is 1. The van der Waals surface area contributed by atoms with Crippen LogP contribution in [0.15, 0.2) is 24.3 Å². The predicted molar refractivity (Wildman–Crippen MR) is 99.8 cm³/mol. The van der Waals surface area contributed by atoms with E-state index >= 15 is 0 Å². The molecule has 2 aliphatic heterocycles.